The van der Waals surface area contributed by atoms with Gasteiger partial charge in [0.2, 0.25) is 0 Å². The van der Waals surface area contributed by atoms with Crippen LogP contribution in [0.5, 0.6) is 0 Å². The van der Waals surface area contributed by atoms with Gasteiger partial charge in [-0.05, 0) is 18.1 Å². The number of hydrogen-bond donors (Lipinski definition) is 1. The van der Waals surface area contributed by atoms with Crippen LogP contribution in [0.15, 0.2) is 40.8 Å². The summed E-state index contributed by atoms with van der Waals surface area (Å²) >= 11 is 0. The van der Waals surface area contributed by atoms with Gasteiger partial charge in [-0.2, -0.15) is 0 Å². The Morgan fingerprint density at radius 1 is 1.42 bits per heavy atom. The van der Waals surface area contributed by atoms with Crippen molar-refractivity contribution < 1.29 is 5.11 Å². The first kappa shape index (κ1) is 7.35. The third-order valence-corrected chi connectivity index (χ3v) is 2.32. The van der Waals surface area contributed by atoms with Crippen molar-refractivity contribution in [3.63, 3.8) is 0 Å². The van der Waals surface area contributed by atoms with Gasteiger partial charge in [-0.3, -0.25) is 4.99 Å². The number of aliphatic imine (C=N–C) groups is 1. The van der Waals surface area contributed by atoms with E-state index in [1.165, 1.54) is 0 Å². The fourth-order valence-electron chi connectivity index (χ4n) is 1.58. The molecule has 0 saturated heterocycles. The van der Waals surface area contributed by atoms with Gasteiger partial charge in [0.05, 0.1) is 5.70 Å². The highest BCUT2D eigenvalue weighted by atomic mass is 16.3. The van der Waals surface area contributed by atoms with E-state index in [2.05, 4.69) is 18.0 Å². The van der Waals surface area contributed by atoms with Crippen molar-refractivity contribution in [2.45, 2.75) is 6.92 Å². The summed E-state index contributed by atoms with van der Waals surface area (Å²) in [5.74, 6) is 1.00. The zero-order valence-corrected chi connectivity index (χ0v) is 6.94. The van der Waals surface area contributed by atoms with E-state index in [1.807, 2.05) is 12.2 Å². The highest BCUT2D eigenvalue weighted by Gasteiger charge is 2.24. The average molecular weight is 161 g/mol. The first-order valence-electron chi connectivity index (χ1n) is 4.11. The van der Waals surface area contributed by atoms with Crippen LogP contribution < -0.4 is 0 Å². The number of aliphatic hydroxyl groups is 1. The lowest BCUT2D eigenvalue weighted by molar-refractivity contribution is 0.398. The zero-order valence-electron chi connectivity index (χ0n) is 6.94. The lowest BCUT2D eigenvalue weighted by Crippen LogP contribution is -2.16. The molecule has 0 fully saturated rings. The Kier molecular flexibility index (Phi) is 1.61. The monoisotopic (exact) mass is 161 g/mol. The number of nitrogens with zero attached hydrogens (tertiary/aromatic N) is 1. The summed E-state index contributed by atoms with van der Waals surface area (Å²) < 4.78 is 0. The van der Waals surface area contributed by atoms with E-state index in [9.17, 15) is 5.11 Å². The van der Waals surface area contributed by atoms with E-state index < -0.39 is 0 Å². The molecule has 1 aliphatic carbocycles. The van der Waals surface area contributed by atoms with Gasteiger partial charge in [-0.25, -0.2) is 0 Å². The standard InChI is InChI=1S/C10H11NO/c1-7-4-5-9(12)10-8(7)3-2-6-11-10/h2-8,12H,1H3. The summed E-state index contributed by atoms with van der Waals surface area (Å²) in [7, 11) is 0. The number of hydrogen-bond acceptors (Lipinski definition) is 2. The minimum Gasteiger partial charge on any atom is -0.506 e. The van der Waals surface area contributed by atoms with Crippen molar-refractivity contribution in [1.29, 1.82) is 0 Å². The number of allylic oxidation sites excluding steroid dienone is 4. The second-order valence-corrected chi connectivity index (χ2v) is 3.18. The molecule has 2 unspecified atom stereocenters. The number of aliphatic hydroxyl groups excluding tert-OH is 1. The summed E-state index contributed by atoms with van der Waals surface area (Å²) in [6.45, 7) is 2.12. The van der Waals surface area contributed by atoms with Gasteiger partial charge in [0.25, 0.3) is 0 Å². The number of dihydropyridines is 1. The highest BCUT2D eigenvalue weighted by Crippen LogP contribution is 2.32. The van der Waals surface area contributed by atoms with Crippen LogP contribution in [0.3, 0.4) is 0 Å². The third-order valence-electron chi connectivity index (χ3n) is 2.32. The maximum atomic E-state index is 9.47. The average Bonchev–Trinajstić information content (AvgIpc) is 2.12. The Morgan fingerprint density at radius 3 is 3.00 bits per heavy atom. The lowest BCUT2D eigenvalue weighted by Gasteiger charge is -2.24. The summed E-state index contributed by atoms with van der Waals surface area (Å²) in [5, 5.41) is 9.47. The van der Waals surface area contributed by atoms with Gasteiger partial charge in [0.15, 0.2) is 0 Å². The van der Waals surface area contributed by atoms with E-state index in [0.717, 1.165) is 5.70 Å². The van der Waals surface area contributed by atoms with Crippen molar-refractivity contribution in [2.75, 3.05) is 0 Å². The molecule has 1 aliphatic heterocycles. The number of fused-ring (bicyclic) bond motifs is 1. The fourth-order valence-corrected chi connectivity index (χ4v) is 1.58. The van der Waals surface area contributed by atoms with Gasteiger partial charge in [-0.15, -0.1) is 0 Å². The second kappa shape index (κ2) is 2.63. The fraction of sp³-hybridized carbons (Fsp3) is 0.300. The topological polar surface area (TPSA) is 32.6 Å². The summed E-state index contributed by atoms with van der Waals surface area (Å²) in [6.07, 6.45) is 9.46. The molecule has 0 spiro atoms. The van der Waals surface area contributed by atoms with E-state index in [4.69, 9.17) is 0 Å². The van der Waals surface area contributed by atoms with Crippen molar-refractivity contribution >= 4 is 6.21 Å². The van der Waals surface area contributed by atoms with Gasteiger partial charge < -0.3 is 5.11 Å². The van der Waals surface area contributed by atoms with E-state index in [1.54, 1.807) is 12.3 Å². The molecule has 0 amide bonds. The van der Waals surface area contributed by atoms with E-state index in [-0.39, 0.29) is 5.92 Å². The van der Waals surface area contributed by atoms with Crippen molar-refractivity contribution in [3.8, 4) is 0 Å². The predicted molar refractivity (Wildman–Crippen MR) is 49.1 cm³/mol. The Balaban J connectivity index is 2.44. The SMILES string of the molecule is CC1C=CC(O)=C2N=CC=CC21. The first-order chi connectivity index (χ1) is 5.79. The van der Waals surface area contributed by atoms with Crippen molar-refractivity contribution in [2.24, 2.45) is 16.8 Å². The Morgan fingerprint density at radius 2 is 2.25 bits per heavy atom. The third kappa shape index (κ3) is 0.998. The van der Waals surface area contributed by atoms with Crippen molar-refractivity contribution in [1.82, 2.24) is 0 Å². The maximum Gasteiger partial charge on any atom is 0.137 e. The normalized spacial score (nSPS) is 32.4. The van der Waals surface area contributed by atoms with Crippen LogP contribution in [0.4, 0.5) is 0 Å². The van der Waals surface area contributed by atoms with Gasteiger partial charge in [-0.1, -0.05) is 19.1 Å². The molecule has 0 saturated carbocycles. The molecule has 0 aromatic heterocycles. The summed E-state index contributed by atoms with van der Waals surface area (Å²) in [6, 6.07) is 0. The summed E-state index contributed by atoms with van der Waals surface area (Å²) in [4.78, 5) is 4.15. The zero-order chi connectivity index (χ0) is 8.55. The van der Waals surface area contributed by atoms with Crippen LogP contribution in [-0.2, 0) is 0 Å². The first-order valence-corrected chi connectivity index (χ1v) is 4.11. The molecule has 2 aliphatic rings. The molecular weight excluding hydrogens is 150 g/mol. The number of rotatable bonds is 0. The Labute approximate surface area is 71.6 Å². The molecule has 0 aromatic carbocycles. The lowest BCUT2D eigenvalue weighted by atomic mass is 9.85. The Bertz CT molecular complexity index is 310. The van der Waals surface area contributed by atoms with Crippen LogP contribution in [0.1, 0.15) is 6.92 Å². The predicted octanol–water partition coefficient (Wildman–Crippen LogP) is 2.22. The van der Waals surface area contributed by atoms with Gasteiger partial charge in [0, 0.05) is 12.1 Å². The van der Waals surface area contributed by atoms with Crippen LogP contribution in [0.25, 0.3) is 0 Å². The van der Waals surface area contributed by atoms with Gasteiger partial charge in [0.1, 0.15) is 5.76 Å². The molecule has 2 nitrogen and oxygen atoms in total. The largest absolute Gasteiger partial charge is 0.506 e. The van der Waals surface area contributed by atoms with Crippen LogP contribution in [0.2, 0.25) is 0 Å². The minimum atomic E-state index is 0.264. The molecule has 2 heteroatoms. The molecule has 0 aromatic rings. The van der Waals surface area contributed by atoms with Crippen LogP contribution in [-0.4, -0.2) is 11.3 Å². The second-order valence-electron chi connectivity index (χ2n) is 3.18. The molecule has 1 N–H and O–H groups in total. The Hall–Kier alpha value is -1.31. The van der Waals surface area contributed by atoms with E-state index >= 15 is 0 Å². The van der Waals surface area contributed by atoms with Crippen LogP contribution >= 0.6 is 0 Å². The van der Waals surface area contributed by atoms with E-state index in [0.29, 0.717) is 11.7 Å². The molecule has 62 valence electrons. The molecule has 1 heterocycles. The smallest absolute Gasteiger partial charge is 0.137 e. The molecule has 12 heavy (non-hydrogen) atoms. The minimum absolute atomic E-state index is 0.264. The molecule has 2 atom stereocenters. The van der Waals surface area contributed by atoms with Crippen molar-refractivity contribution in [3.05, 3.63) is 35.8 Å². The highest BCUT2D eigenvalue weighted by molar-refractivity contribution is 5.74. The van der Waals surface area contributed by atoms with Gasteiger partial charge >= 0.3 is 0 Å². The quantitative estimate of drug-likeness (QED) is 0.580. The molecular formula is C10H11NO. The molecule has 2 rings (SSSR count). The molecule has 0 radical (unpaired) electrons. The summed E-state index contributed by atoms with van der Waals surface area (Å²) in [5.41, 5.74) is 0.799. The maximum absolute atomic E-state index is 9.47. The van der Waals surface area contributed by atoms with Crippen LogP contribution in [0, 0.1) is 11.8 Å². The molecule has 0 bridgehead atoms.